The number of carbonyl (C=O) groups is 2. The molecule has 0 unspecified atom stereocenters. The van der Waals surface area contributed by atoms with Crippen LogP contribution >= 0.6 is 0 Å². The molecular formula is C20H48O6. The Balaban J connectivity index is -0.0000000482. The van der Waals surface area contributed by atoms with Gasteiger partial charge in [-0.25, -0.2) is 9.59 Å². The van der Waals surface area contributed by atoms with Gasteiger partial charge in [-0.1, -0.05) is 108 Å². The van der Waals surface area contributed by atoms with Gasteiger partial charge in [0.05, 0.1) is 0 Å². The van der Waals surface area contributed by atoms with E-state index in [9.17, 15) is 0 Å². The highest BCUT2D eigenvalue weighted by Crippen LogP contribution is 2.01. The second-order valence-corrected chi connectivity index (χ2v) is 6.28. The van der Waals surface area contributed by atoms with Gasteiger partial charge in [0.2, 0.25) is 0 Å². The first-order valence-corrected chi connectivity index (χ1v) is 9.26. The van der Waals surface area contributed by atoms with Crippen molar-refractivity contribution in [3.8, 4) is 0 Å². The van der Waals surface area contributed by atoms with Crippen molar-refractivity contribution in [3.05, 3.63) is 0 Å². The molecular weight excluding hydrogens is 336 g/mol. The molecule has 0 aliphatic rings. The molecule has 0 heterocycles. The molecule has 0 atom stereocenters. The maximum absolute atomic E-state index is 8.56. The molecule has 0 radical (unpaired) electrons. The Hall–Kier alpha value is -1.46. The van der Waals surface area contributed by atoms with Crippen LogP contribution in [0.4, 0.5) is 9.59 Å². The van der Waals surface area contributed by atoms with Gasteiger partial charge < -0.3 is 20.4 Å². The molecule has 0 aromatic rings. The van der Waals surface area contributed by atoms with Gasteiger partial charge in [0.15, 0.2) is 0 Å². The van der Waals surface area contributed by atoms with E-state index in [0.29, 0.717) is 0 Å². The van der Waals surface area contributed by atoms with Crippen LogP contribution in [0.15, 0.2) is 0 Å². The van der Waals surface area contributed by atoms with Gasteiger partial charge in [-0.15, -0.1) is 0 Å². The summed E-state index contributed by atoms with van der Waals surface area (Å²) >= 11 is 0. The fraction of sp³-hybridized carbons (Fsp3) is 0.900. The molecule has 0 saturated carbocycles. The Labute approximate surface area is 162 Å². The van der Waals surface area contributed by atoms with Gasteiger partial charge in [-0.05, 0) is 11.8 Å². The highest BCUT2D eigenvalue weighted by atomic mass is 16.6. The minimum Gasteiger partial charge on any atom is -0.450 e. The summed E-state index contributed by atoms with van der Waals surface area (Å²) in [5.74, 6) is 1.80. The van der Waals surface area contributed by atoms with E-state index in [1.807, 2.05) is 0 Å². The molecule has 0 saturated heterocycles. The quantitative estimate of drug-likeness (QED) is 0.367. The molecule has 0 amide bonds. The van der Waals surface area contributed by atoms with Crippen molar-refractivity contribution in [2.45, 2.75) is 108 Å². The maximum atomic E-state index is 8.56. The van der Waals surface area contributed by atoms with Crippen LogP contribution in [0.1, 0.15) is 108 Å². The lowest BCUT2D eigenvalue weighted by molar-refractivity contribution is 0.135. The molecule has 26 heavy (non-hydrogen) atoms. The third kappa shape index (κ3) is 245. The van der Waals surface area contributed by atoms with Crippen molar-refractivity contribution in [2.75, 3.05) is 0 Å². The molecule has 0 aromatic carbocycles. The van der Waals surface area contributed by atoms with Gasteiger partial charge in [0.25, 0.3) is 0 Å². The van der Waals surface area contributed by atoms with Crippen LogP contribution in [-0.4, -0.2) is 32.7 Å². The molecule has 0 rings (SSSR count). The fourth-order valence-electron chi connectivity index (χ4n) is 1.51. The molecule has 164 valence electrons. The zero-order valence-electron chi connectivity index (χ0n) is 17.7. The van der Waals surface area contributed by atoms with Crippen LogP contribution < -0.4 is 0 Å². The molecule has 0 aromatic heterocycles. The van der Waals surface area contributed by atoms with Gasteiger partial charge in [-0.2, -0.15) is 0 Å². The Morgan fingerprint density at radius 1 is 0.615 bits per heavy atom. The average Bonchev–Trinajstić information content (AvgIpc) is 2.39. The number of hydrogen-bond donors (Lipinski definition) is 4. The van der Waals surface area contributed by atoms with Gasteiger partial charge in [-0.3, -0.25) is 0 Å². The van der Waals surface area contributed by atoms with E-state index < -0.39 is 12.3 Å². The summed E-state index contributed by atoms with van der Waals surface area (Å²) < 4.78 is 0. The van der Waals surface area contributed by atoms with Crippen molar-refractivity contribution in [1.29, 1.82) is 0 Å². The van der Waals surface area contributed by atoms with E-state index in [-0.39, 0.29) is 7.43 Å². The first-order valence-electron chi connectivity index (χ1n) is 9.26. The number of rotatable bonds is 6. The topological polar surface area (TPSA) is 115 Å². The number of carboxylic acid groups (broad SMARTS) is 4. The summed E-state index contributed by atoms with van der Waals surface area (Å²) in [6.07, 6.45) is 5.82. The monoisotopic (exact) mass is 384 g/mol. The second kappa shape index (κ2) is 38.9. The molecule has 6 nitrogen and oxygen atoms in total. The lowest BCUT2D eigenvalue weighted by Gasteiger charge is -1.95. The third-order valence-electron chi connectivity index (χ3n) is 2.44. The third-order valence-corrected chi connectivity index (χ3v) is 2.44. The Morgan fingerprint density at radius 3 is 0.808 bits per heavy atom. The predicted molar refractivity (Wildman–Crippen MR) is 113 cm³/mol. The van der Waals surface area contributed by atoms with E-state index in [1.54, 1.807) is 0 Å². The van der Waals surface area contributed by atoms with Crippen LogP contribution in [0.25, 0.3) is 0 Å². The number of hydrogen-bond acceptors (Lipinski definition) is 2. The van der Waals surface area contributed by atoms with E-state index in [0.717, 1.165) is 11.8 Å². The molecule has 6 heteroatoms. The normalized spacial score (nSPS) is 8.08. The van der Waals surface area contributed by atoms with Gasteiger partial charge in [0, 0.05) is 0 Å². The smallest absolute Gasteiger partial charge is 0.450 e. The van der Waals surface area contributed by atoms with E-state index in [1.165, 1.54) is 44.9 Å². The zero-order chi connectivity index (χ0) is 21.3. The average molecular weight is 385 g/mol. The summed E-state index contributed by atoms with van der Waals surface area (Å²) in [6.45, 7) is 17.9. The van der Waals surface area contributed by atoms with Crippen LogP contribution in [-0.2, 0) is 0 Å². The lowest BCUT2D eigenvalue weighted by atomic mass is 10.1. The summed E-state index contributed by atoms with van der Waals surface area (Å²) in [5.41, 5.74) is 0. The molecule has 0 spiro atoms. The lowest BCUT2D eigenvalue weighted by Crippen LogP contribution is -1.81. The van der Waals surface area contributed by atoms with E-state index in [2.05, 4.69) is 55.4 Å². The minimum absolute atomic E-state index is 0. The standard InChI is InChI=1S/2C6H14.C5H12.2CH2O3.CH4/c2*1-4-5-6(2)3;1-3-5-4-2;2*2-1(3)4;/h2*6H,4-5H2,1-3H3;3-5H2,1-2H3;2*(H2,2,3,4);1H4. The van der Waals surface area contributed by atoms with Crippen LogP contribution in [0.3, 0.4) is 0 Å². The predicted octanol–water partition coefficient (Wildman–Crippen LogP) is 8.16. The second-order valence-electron chi connectivity index (χ2n) is 6.28. The Kier molecular flexibility index (Phi) is 59.1. The first-order chi connectivity index (χ1) is 11.4. The van der Waals surface area contributed by atoms with E-state index >= 15 is 0 Å². The highest BCUT2D eigenvalue weighted by Gasteiger charge is 1.86. The summed E-state index contributed by atoms with van der Waals surface area (Å²) in [6, 6.07) is 0. The first kappa shape index (κ1) is 39.6. The van der Waals surface area contributed by atoms with Crippen molar-refractivity contribution in [1.82, 2.24) is 0 Å². The summed E-state index contributed by atoms with van der Waals surface area (Å²) in [5, 5.41) is 27.9. The zero-order valence-corrected chi connectivity index (χ0v) is 17.7. The van der Waals surface area contributed by atoms with Gasteiger partial charge in [0.1, 0.15) is 0 Å². The van der Waals surface area contributed by atoms with Crippen LogP contribution in [0, 0.1) is 11.8 Å². The summed E-state index contributed by atoms with van der Waals surface area (Å²) in [7, 11) is 0. The van der Waals surface area contributed by atoms with Crippen molar-refractivity contribution < 1.29 is 30.0 Å². The molecule has 4 N–H and O–H groups in total. The summed E-state index contributed by atoms with van der Waals surface area (Å²) in [4.78, 5) is 17.1. The number of unbranched alkanes of at least 4 members (excludes halogenated alkanes) is 2. The molecule has 0 aliphatic carbocycles. The molecule has 0 fully saturated rings. The van der Waals surface area contributed by atoms with Gasteiger partial charge >= 0.3 is 12.3 Å². The minimum atomic E-state index is -1.83. The SMILES string of the molecule is C.CCCC(C)C.CCCC(C)C.CCCCC.O=C(O)O.O=C(O)O. The largest absolute Gasteiger partial charge is 0.503 e. The van der Waals surface area contributed by atoms with Crippen molar-refractivity contribution >= 4 is 12.3 Å². The Morgan fingerprint density at radius 2 is 0.808 bits per heavy atom. The maximum Gasteiger partial charge on any atom is 0.503 e. The Bertz CT molecular complexity index is 208. The fourth-order valence-corrected chi connectivity index (χ4v) is 1.51. The van der Waals surface area contributed by atoms with Crippen molar-refractivity contribution in [3.63, 3.8) is 0 Å². The molecule has 0 aliphatic heterocycles. The van der Waals surface area contributed by atoms with Crippen LogP contribution in [0.5, 0.6) is 0 Å². The van der Waals surface area contributed by atoms with Crippen LogP contribution in [0.2, 0.25) is 0 Å². The van der Waals surface area contributed by atoms with Crippen molar-refractivity contribution in [2.24, 2.45) is 11.8 Å². The highest BCUT2D eigenvalue weighted by molar-refractivity contribution is 5.53. The molecule has 0 bridgehead atoms. The van der Waals surface area contributed by atoms with E-state index in [4.69, 9.17) is 30.0 Å².